The van der Waals surface area contributed by atoms with Gasteiger partial charge in [-0.25, -0.2) is 9.36 Å². The predicted molar refractivity (Wildman–Crippen MR) is 91.9 cm³/mol. The number of aromatic nitrogens is 4. The van der Waals surface area contributed by atoms with Crippen LogP contribution in [-0.2, 0) is 7.05 Å². The Morgan fingerprint density at radius 2 is 2.22 bits per heavy atom. The third kappa shape index (κ3) is 2.46. The monoisotopic (exact) mass is 338 g/mol. The van der Waals surface area contributed by atoms with Crippen molar-refractivity contribution in [1.82, 2.24) is 19.1 Å². The van der Waals surface area contributed by atoms with Crippen molar-refractivity contribution in [3.05, 3.63) is 41.5 Å². The standard InChI is InChI=1S/C15H10N6S2/c1-21-7-9(6-16)15(20-21)19-13-3-2-12-14(18-13)10(8-22-12)11-4-5-17-23-11/h2-5,7-8H,1H3,(H,18,19,20). The molecule has 4 heterocycles. The Kier molecular flexibility index (Phi) is 3.29. The number of hydrogen-bond donors (Lipinski definition) is 1. The number of nitrogens with zero attached hydrogens (tertiary/aromatic N) is 5. The average Bonchev–Trinajstić information content (AvgIpc) is 3.26. The van der Waals surface area contributed by atoms with Crippen LogP contribution in [0.25, 0.3) is 20.7 Å². The van der Waals surface area contributed by atoms with E-state index in [9.17, 15) is 0 Å². The second kappa shape index (κ2) is 5.46. The number of nitriles is 1. The van der Waals surface area contributed by atoms with Gasteiger partial charge >= 0.3 is 0 Å². The largest absolute Gasteiger partial charge is 0.322 e. The van der Waals surface area contributed by atoms with E-state index in [1.165, 1.54) is 11.5 Å². The summed E-state index contributed by atoms with van der Waals surface area (Å²) < 4.78 is 6.87. The number of hydrogen-bond acceptors (Lipinski definition) is 7. The van der Waals surface area contributed by atoms with Crippen LogP contribution in [0.3, 0.4) is 0 Å². The molecule has 0 aliphatic carbocycles. The maximum absolute atomic E-state index is 9.15. The Labute approximate surface area is 139 Å². The van der Waals surface area contributed by atoms with Gasteiger partial charge in [-0.1, -0.05) is 0 Å². The highest BCUT2D eigenvalue weighted by molar-refractivity contribution is 7.18. The summed E-state index contributed by atoms with van der Waals surface area (Å²) >= 11 is 3.11. The summed E-state index contributed by atoms with van der Waals surface area (Å²) in [6, 6.07) is 8.03. The van der Waals surface area contributed by atoms with E-state index in [0.29, 0.717) is 17.2 Å². The molecule has 23 heavy (non-hydrogen) atoms. The summed E-state index contributed by atoms with van der Waals surface area (Å²) in [5.74, 6) is 1.17. The van der Waals surface area contributed by atoms with Crippen LogP contribution in [0.2, 0.25) is 0 Å². The van der Waals surface area contributed by atoms with Gasteiger partial charge in [0.15, 0.2) is 5.82 Å². The van der Waals surface area contributed by atoms with Crippen molar-refractivity contribution in [2.75, 3.05) is 5.32 Å². The zero-order valence-corrected chi connectivity index (χ0v) is 13.6. The van der Waals surface area contributed by atoms with Crippen molar-refractivity contribution < 1.29 is 0 Å². The molecule has 0 atom stereocenters. The summed E-state index contributed by atoms with van der Waals surface area (Å²) in [6.45, 7) is 0. The van der Waals surface area contributed by atoms with E-state index in [4.69, 9.17) is 10.2 Å². The number of aryl methyl sites for hydroxylation is 1. The lowest BCUT2D eigenvalue weighted by Gasteiger charge is -2.03. The van der Waals surface area contributed by atoms with Gasteiger partial charge in [-0.3, -0.25) is 4.68 Å². The topological polar surface area (TPSA) is 79.4 Å². The Hall–Kier alpha value is -2.76. The number of fused-ring (bicyclic) bond motifs is 1. The summed E-state index contributed by atoms with van der Waals surface area (Å²) in [4.78, 5) is 5.78. The number of pyridine rings is 1. The number of nitrogens with one attached hydrogen (secondary N) is 1. The van der Waals surface area contributed by atoms with Crippen LogP contribution in [0.5, 0.6) is 0 Å². The van der Waals surface area contributed by atoms with E-state index < -0.39 is 0 Å². The van der Waals surface area contributed by atoms with Crippen LogP contribution in [-0.4, -0.2) is 19.1 Å². The van der Waals surface area contributed by atoms with E-state index in [0.717, 1.165) is 20.7 Å². The van der Waals surface area contributed by atoms with Gasteiger partial charge in [-0.05, 0) is 29.7 Å². The molecule has 1 N–H and O–H groups in total. The molecule has 0 saturated carbocycles. The minimum atomic E-state index is 0.488. The first-order valence-electron chi connectivity index (χ1n) is 6.74. The molecule has 0 unspecified atom stereocenters. The Morgan fingerprint density at radius 1 is 1.30 bits per heavy atom. The molecule has 0 spiro atoms. The summed E-state index contributed by atoms with van der Waals surface area (Å²) in [5.41, 5.74) is 2.50. The fraction of sp³-hybridized carbons (Fsp3) is 0.0667. The lowest BCUT2D eigenvalue weighted by atomic mass is 10.2. The van der Waals surface area contributed by atoms with Crippen molar-refractivity contribution >= 4 is 44.7 Å². The number of anilines is 2. The molecule has 0 bridgehead atoms. The van der Waals surface area contributed by atoms with Gasteiger partial charge in [-0.15, -0.1) is 11.3 Å². The zero-order valence-electron chi connectivity index (χ0n) is 12.0. The average molecular weight is 338 g/mol. The second-order valence-corrected chi connectivity index (χ2v) is 6.62. The first kappa shape index (κ1) is 13.9. The molecular weight excluding hydrogens is 328 g/mol. The highest BCUT2D eigenvalue weighted by atomic mass is 32.1. The van der Waals surface area contributed by atoms with Crippen molar-refractivity contribution in [1.29, 1.82) is 5.26 Å². The van der Waals surface area contributed by atoms with Crippen molar-refractivity contribution in [2.45, 2.75) is 0 Å². The third-order valence-electron chi connectivity index (χ3n) is 3.32. The zero-order chi connectivity index (χ0) is 15.8. The van der Waals surface area contributed by atoms with Crippen LogP contribution in [0.1, 0.15) is 5.56 Å². The maximum atomic E-state index is 9.15. The molecule has 0 fully saturated rings. The first-order valence-corrected chi connectivity index (χ1v) is 8.40. The molecule has 0 aliphatic heterocycles. The van der Waals surface area contributed by atoms with Gasteiger partial charge < -0.3 is 5.32 Å². The maximum Gasteiger partial charge on any atom is 0.171 e. The lowest BCUT2D eigenvalue weighted by Crippen LogP contribution is -1.97. The molecule has 4 aromatic heterocycles. The lowest BCUT2D eigenvalue weighted by molar-refractivity contribution is 0.771. The molecule has 0 saturated heterocycles. The van der Waals surface area contributed by atoms with Gasteiger partial charge in [0.25, 0.3) is 0 Å². The van der Waals surface area contributed by atoms with E-state index in [-0.39, 0.29) is 0 Å². The molecular formula is C15H10N6S2. The predicted octanol–water partition coefficient (Wildman–Crippen LogP) is 3.77. The van der Waals surface area contributed by atoms with Crippen LogP contribution in [0.4, 0.5) is 11.6 Å². The molecule has 0 aliphatic rings. The minimum absolute atomic E-state index is 0.488. The van der Waals surface area contributed by atoms with E-state index in [1.807, 2.05) is 18.2 Å². The molecule has 6 nitrogen and oxygen atoms in total. The van der Waals surface area contributed by atoms with Crippen LogP contribution in [0.15, 0.2) is 36.0 Å². The molecule has 112 valence electrons. The van der Waals surface area contributed by atoms with E-state index >= 15 is 0 Å². The highest BCUT2D eigenvalue weighted by Gasteiger charge is 2.12. The SMILES string of the molecule is Cn1cc(C#N)c(Nc2ccc3scc(-c4ccns4)c3n2)n1. The Morgan fingerprint density at radius 3 is 3.00 bits per heavy atom. The fourth-order valence-corrected chi connectivity index (χ4v) is 3.88. The quantitative estimate of drug-likeness (QED) is 0.615. The van der Waals surface area contributed by atoms with Gasteiger partial charge in [0.05, 0.1) is 15.1 Å². The van der Waals surface area contributed by atoms with Crippen molar-refractivity contribution in [2.24, 2.45) is 7.05 Å². The van der Waals surface area contributed by atoms with Crippen molar-refractivity contribution in [3.63, 3.8) is 0 Å². The molecule has 0 amide bonds. The van der Waals surface area contributed by atoms with E-state index in [2.05, 4.69) is 26.2 Å². The number of rotatable bonds is 3. The normalized spacial score (nSPS) is 10.8. The van der Waals surface area contributed by atoms with Gasteiger partial charge in [0, 0.05) is 30.4 Å². The Bertz CT molecular complexity index is 1020. The van der Waals surface area contributed by atoms with Crippen LogP contribution in [0, 0.1) is 11.3 Å². The molecule has 0 aromatic carbocycles. The minimum Gasteiger partial charge on any atom is -0.322 e. The molecule has 8 heteroatoms. The second-order valence-electron chi connectivity index (χ2n) is 4.87. The van der Waals surface area contributed by atoms with Gasteiger partial charge in [0.2, 0.25) is 0 Å². The smallest absolute Gasteiger partial charge is 0.171 e. The first-order chi connectivity index (χ1) is 11.2. The van der Waals surface area contributed by atoms with Gasteiger partial charge in [0.1, 0.15) is 17.5 Å². The van der Waals surface area contributed by atoms with E-state index in [1.54, 1.807) is 35.5 Å². The van der Waals surface area contributed by atoms with Crippen LogP contribution < -0.4 is 5.32 Å². The molecule has 0 radical (unpaired) electrons. The molecule has 4 aromatic rings. The van der Waals surface area contributed by atoms with Crippen LogP contribution >= 0.6 is 22.9 Å². The summed E-state index contributed by atoms with van der Waals surface area (Å²) in [6.07, 6.45) is 3.47. The number of thiophene rings is 1. The summed E-state index contributed by atoms with van der Waals surface area (Å²) in [5, 5.41) is 18.6. The highest BCUT2D eigenvalue weighted by Crippen LogP contribution is 2.35. The Balaban J connectivity index is 1.77. The summed E-state index contributed by atoms with van der Waals surface area (Å²) in [7, 11) is 1.78. The third-order valence-corrected chi connectivity index (χ3v) is 5.03. The van der Waals surface area contributed by atoms with Crippen molar-refractivity contribution in [3.8, 4) is 16.5 Å². The molecule has 4 rings (SSSR count). The van der Waals surface area contributed by atoms with Gasteiger partial charge in [-0.2, -0.15) is 10.4 Å². The fourth-order valence-electron chi connectivity index (χ4n) is 2.30.